The monoisotopic (exact) mass is 581 g/mol. The molecule has 2 aliphatic heterocycles. The van der Waals surface area contributed by atoms with Gasteiger partial charge in [0.25, 0.3) is 5.56 Å². The van der Waals surface area contributed by atoms with Crippen molar-refractivity contribution in [3.63, 3.8) is 0 Å². The molecule has 2 saturated heterocycles. The van der Waals surface area contributed by atoms with Gasteiger partial charge in [0, 0.05) is 47.1 Å². The Hall–Kier alpha value is -4.78. The van der Waals surface area contributed by atoms with Crippen LogP contribution in [0, 0.1) is 24.1 Å². The van der Waals surface area contributed by atoms with Crippen LogP contribution in [0.3, 0.4) is 0 Å². The number of hydrogen-bond donors (Lipinski definition) is 0. The minimum atomic E-state index is -0.659. The molecule has 0 N–H and O–H groups in total. The van der Waals surface area contributed by atoms with E-state index in [1.807, 2.05) is 39.8 Å². The largest absolute Gasteiger partial charge is 0.494 e. The fraction of sp³-hybridized carbons (Fsp3) is 0.364. The first-order chi connectivity index (χ1) is 20.5. The van der Waals surface area contributed by atoms with E-state index in [9.17, 15) is 14.9 Å². The van der Waals surface area contributed by atoms with E-state index in [1.165, 1.54) is 29.9 Å². The van der Waals surface area contributed by atoms with Crippen molar-refractivity contribution in [3.05, 3.63) is 81.9 Å². The standard InChI is InChI=1S/C33H32FN5O4/c1-18-6-7-20(17-36-18)23-12-19(16-35)13-25-29(23)37-30(39(31(25)40)22-9-11-28(42-5)26(34)15-22)24-14-21-8-10-27(24)38(21)32(41)43-33(2,3)4/h6-7,9,11-13,15,17,21,24,27H,8,10,14H2,1-5H3. The number of carbonyl (C=O) groups is 1. The molecule has 1 amide bonds. The highest BCUT2D eigenvalue weighted by Crippen LogP contribution is 2.47. The first kappa shape index (κ1) is 28.3. The average molecular weight is 582 g/mol. The number of nitriles is 1. The van der Waals surface area contributed by atoms with Crippen LogP contribution in [0.5, 0.6) is 5.75 Å². The molecule has 2 fully saturated rings. The van der Waals surface area contributed by atoms with E-state index < -0.39 is 23.1 Å². The number of methoxy groups -OCH3 is 1. The first-order valence-electron chi connectivity index (χ1n) is 14.3. The quantitative estimate of drug-likeness (QED) is 0.289. The predicted octanol–water partition coefficient (Wildman–Crippen LogP) is 6.03. The van der Waals surface area contributed by atoms with Crippen LogP contribution in [0.2, 0.25) is 0 Å². The van der Waals surface area contributed by atoms with E-state index >= 15 is 4.39 Å². The van der Waals surface area contributed by atoms with Crippen LogP contribution in [0.4, 0.5) is 9.18 Å². The number of nitrogens with zero attached hydrogens (tertiary/aromatic N) is 5. The summed E-state index contributed by atoms with van der Waals surface area (Å²) in [6.07, 6.45) is 3.43. The van der Waals surface area contributed by atoms with Gasteiger partial charge in [-0.3, -0.25) is 14.3 Å². The van der Waals surface area contributed by atoms with Crippen molar-refractivity contribution in [3.8, 4) is 28.6 Å². The van der Waals surface area contributed by atoms with E-state index in [1.54, 1.807) is 23.2 Å². The summed E-state index contributed by atoms with van der Waals surface area (Å²) in [5.74, 6) is -0.468. The Kier molecular flexibility index (Phi) is 6.92. The molecule has 2 aliphatic rings. The number of fused-ring (bicyclic) bond motifs is 3. The maximum atomic E-state index is 15.0. The Morgan fingerprint density at radius 1 is 1.14 bits per heavy atom. The second kappa shape index (κ2) is 10.5. The van der Waals surface area contributed by atoms with Crippen LogP contribution in [-0.4, -0.2) is 50.3 Å². The maximum Gasteiger partial charge on any atom is 0.410 e. The molecule has 0 radical (unpaired) electrons. The summed E-state index contributed by atoms with van der Waals surface area (Å²) >= 11 is 0. The minimum Gasteiger partial charge on any atom is -0.494 e. The number of ether oxygens (including phenoxy) is 2. The van der Waals surface area contributed by atoms with Gasteiger partial charge in [0.2, 0.25) is 0 Å². The third kappa shape index (κ3) is 4.99. The van der Waals surface area contributed by atoms with Gasteiger partial charge in [0.05, 0.1) is 35.3 Å². The number of aromatic nitrogens is 3. The molecule has 9 nitrogen and oxygen atoms in total. The summed E-state index contributed by atoms with van der Waals surface area (Å²) in [6, 6.07) is 13.1. The van der Waals surface area contributed by atoms with Gasteiger partial charge in [-0.1, -0.05) is 6.07 Å². The number of pyridine rings is 1. The van der Waals surface area contributed by atoms with Gasteiger partial charge in [-0.25, -0.2) is 14.2 Å². The number of benzene rings is 2. The molecular formula is C33H32FN5O4. The molecular weight excluding hydrogens is 549 g/mol. The van der Waals surface area contributed by atoms with E-state index in [0.717, 1.165) is 18.5 Å². The van der Waals surface area contributed by atoms with Crippen molar-refractivity contribution in [2.45, 2.75) is 70.6 Å². The van der Waals surface area contributed by atoms with E-state index in [-0.39, 0.29) is 34.8 Å². The average Bonchev–Trinajstić information content (AvgIpc) is 3.55. The van der Waals surface area contributed by atoms with Crippen LogP contribution in [0.1, 0.15) is 63.0 Å². The Balaban J connectivity index is 1.60. The molecule has 3 atom stereocenters. The summed E-state index contributed by atoms with van der Waals surface area (Å²) in [6.45, 7) is 7.37. The normalized spacial score (nSPS) is 19.5. The first-order valence-corrected chi connectivity index (χ1v) is 14.3. The zero-order valence-electron chi connectivity index (χ0n) is 24.7. The molecule has 0 spiro atoms. The van der Waals surface area contributed by atoms with Crippen molar-refractivity contribution in [2.24, 2.45) is 0 Å². The van der Waals surface area contributed by atoms with Crippen LogP contribution >= 0.6 is 0 Å². The molecule has 4 heterocycles. The summed E-state index contributed by atoms with van der Waals surface area (Å²) in [4.78, 5) is 39.0. The lowest BCUT2D eigenvalue weighted by atomic mass is 9.88. The molecule has 6 rings (SSSR count). The number of carbonyl (C=O) groups excluding carboxylic acids is 1. The molecule has 2 aromatic carbocycles. The fourth-order valence-electron chi connectivity index (χ4n) is 6.38. The molecule has 43 heavy (non-hydrogen) atoms. The number of rotatable bonds is 4. The summed E-state index contributed by atoms with van der Waals surface area (Å²) in [5.41, 5.74) is 2.02. The zero-order chi connectivity index (χ0) is 30.6. The van der Waals surface area contributed by atoms with Crippen LogP contribution in [0.25, 0.3) is 27.7 Å². The predicted molar refractivity (Wildman–Crippen MR) is 159 cm³/mol. The summed E-state index contributed by atoms with van der Waals surface area (Å²) in [5, 5.41) is 10.1. The Bertz CT molecular complexity index is 1860. The highest BCUT2D eigenvalue weighted by atomic mass is 19.1. The van der Waals surface area contributed by atoms with Gasteiger partial charge in [-0.15, -0.1) is 0 Å². The Labute approximate surface area is 248 Å². The van der Waals surface area contributed by atoms with Crippen molar-refractivity contribution in [1.82, 2.24) is 19.4 Å². The number of halogens is 1. The van der Waals surface area contributed by atoms with E-state index in [2.05, 4.69) is 11.1 Å². The van der Waals surface area contributed by atoms with Gasteiger partial charge < -0.3 is 14.4 Å². The van der Waals surface area contributed by atoms with Gasteiger partial charge >= 0.3 is 6.09 Å². The molecule has 10 heteroatoms. The van der Waals surface area contributed by atoms with Crippen molar-refractivity contribution in [1.29, 1.82) is 5.26 Å². The van der Waals surface area contributed by atoms with Gasteiger partial charge in [-0.2, -0.15) is 5.26 Å². The lowest BCUT2D eigenvalue weighted by Gasteiger charge is -2.29. The Morgan fingerprint density at radius 3 is 2.58 bits per heavy atom. The summed E-state index contributed by atoms with van der Waals surface area (Å²) < 4.78 is 27.3. The fourth-order valence-corrected chi connectivity index (χ4v) is 6.38. The third-order valence-corrected chi connectivity index (χ3v) is 8.22. The number of hydrogen-bond acceptors (Lipinski definition) is 7. The van der Waals surface area contributed by atoms with Crippen LogP contribution in [0.15, 0.2) is 53.5 Å². The highest BCUT2D eigenvalue weighted by Gasteiger charge is 2.52. The van der Waals surface area contributed by atoms with Crippen molar-refractivity contribution in [2.75, 3.05) is 7.11 Å². The van der Waals surface area contributed by atoms with Crippen LogP contribution < -0.4 is 10.3 Å². The second-order valence-corrected chi connectivity index (χ2v) is 12.2. The van der Waals surface area contributed by atoms with Gasteiger partial charge in [0.1, 0.15) is 11.4 Å². The lowest BCUT2D eigenvalue weighted by Crippen LogP contribution is -2.40. The topological polar surface area (TPSA) is 110 Å². The number of aryl methyl sites for hydroxylation is 1. The number of amides is 1. The molecule has 2 bridgehead atoms. The van der Waals surface area contributed by atoms with Crippen LogP contribution in [-0.2, 0) is 4.74 Å². The lowest BCUT2D eigenvalue weighted by molar-refractivity contribution is 0.0212. The van der Waals surface area contributed by atoms with E-state index in [0.29, 0.717) is 34.5 Å². The van der Waals surface area contributed by atoms with Crippen molar-refractivity contribution >= 4 is 17.0 Å². The molecule has 220 valence electrons. The second-order valence-electron chi connectivity index (χ2n) is 12.2. The zero-order valence-corrected chi connectivity index (χ0v) is 24.7. The molecule has 2 aromatic heterocycles. The Morgan fingerprint density at radius 2 is 1.93 bits per heavy atom. The highest BCUT2D eigenvalue weighted by molar-refractivity contribution is 5.94. The molecule has 4 aromatic rings. The molecule has 3 unspecified atom stereocenters. The van der Waals surface area contributed by atoms with Crippen molar-refractivity contribution < 1.29 is 18.7 Å². The smallest absolute Gasteiger partial charge is 0.410 e. The molecule has 0 saturated carbocycles. The van der Waals surface area contributed by atoms with E-state index in [4.69, 9.17) is 14.5 Å². The minimum absolute atomic E-state index is 0.0454. The summed E-state index contributed by atoms with van der Waals surface area (Å²) in [7, 11) is 1.37. The third-order valence-electron chi connectivity index (χ3n) is 8.22. The molecule has 0 aliphatic carbocycles. The maximum absolute atomic E-state index is 15.0. The van der Waals surface area contributed by atoms with Gasteiger partial charge in [0.15, 0.2) is 11.6 Å². The van der Waals surface area contributed by atoms with Gasteiger partial charge in [-0.05, 0) is 77.3 Å². The SMILES string of the molecule is COc1ccc(-n2c(C3CC4CCC3N4C(=O)OC(C)(C)C)nc3c(-c4ccc(C)nc4)cc(C#N)cc3c2=O)cc1F.